The van der Waals surface area contributed by atoms with Gasteiger partial charge in [0.05, 0.1) is 23.8 Å². The molecule has 3 N–H and O–H groups in total. The van der Waals surface area contributed by atoms with Crippen molar-refractivity contribution < 1.29 is 28.5 Å². The molecule has 0 aliphatic heterocycles. The second kappa shape index (κ2) is 7.39. The molecule has 0 saturated heterocycles. The van der Waals surface area contributed by atoms with Gasteiger partial charge < -0.3 is 15.3 Å². The third kappa shape index (κ3) is 4.06. The smallest absolute Gasteiger partial charge is 0.337 e. The van der Waals surface area contributed by atoms with E-state index in [0.717, 1.165) is 16.4 Å². The van der Waals surface area contributed by atoms with Crippen LogP contribution in [0.5, 0.6) is 0 Å². The van der Waals surface area contributed by atoms with E-state index in [1.165, 1.54) is 0 Å². The van der Waals surface area contributed by atoms with Gasteiger partial charge >= 0.3 is 5.97 Å². The molecule has 21 heavy (non-hydrogen) atoms. The van der Waals surface area contributed by atoms with Crippen molar-refractivity contribution in [1.82, 2.24) is 4.31 Å². The van der Waals surface area contributed by atoms with E-state index in [1.807, 2.05) is 0 Å². The van der Waals surface area contributed by atoms with E-state index < -0.39 is 44.7 Å². The molecule has 0 saturated carbocycles. The summed E-state index contributed by atoms with van der Waals surface area (Å²) in [6.45, 7) is -1.48. The van der Waals surface area contributed by atoms with Gasteiger partial charge in [-0.15, -0.1) is 0 Å². The average molecular weight is 358 g/mol. The van der Waals surface area contributed by atoms with Crippen LogP contribution in [0.1, 0.15) is 10.4 Å². The molecule has 0 amide bonds. The van der Waals surface area contributed by atoms with Gasteiger partial charge in [-0.3, -0.25) is 0 Å². The van der Waals surface area contributed by atoms with Gasteiger partial charge in [0.1, 0.15) is 4.90 Å². The number of sulfonamides is 1. The summed E-state index contributed by atoms with van der Waals surface area (Å²) in [7, 11) is -4.20. The number of benzene rings is 1. The van der Waals surface area contributed by atoms with Crippen molar-refractivity contribution in [2.45, 2.75) is 4.90 Å². The zero-order chi connectivity index (χ0) is 16.2. The highest BCUT2D eigenvalue weighted by atomic mass is 35.5. The van der Waals surface area contributed by atoms with Gasteiger partial charge in [0.2, 0.25) is 10.0 Å². The molecule has 0 bridgehead atoms. The standard InChI is InChI=1S/C11H13Cl2NO6S/c12-7-5-8(11(17)18)10(13)9(6-7)21(19,20)14(1-3-15)2-4-16/h5-6,15-16H,1-4H2,(H,17,18). The Morgan fingerprint density at radius 3 is 2.10 bits per heavy atom. The quantitative estimate of drug-likeness (QED) is 0.660. The van der Waals surface area contributed by atoms with Gasteiger partial charge in [0.15, 0.2) is 0 Å². The highest BCUT2D eigenvalue weighted by molar-refractivity contribution is 7.89. The molecule has 0 radical (unpaired) electrons. The summed E-state index contributed by atoms with van der Waals surface area (Å²) in [6.07, 6.45) is 0. The molecular formula is C11H13Cl2NO6S. The van der Waals surface area contributed by atoms with E-state index in [-0.39, 0.29) is 18.1 Å². The first kappa shape index (κ1) is 18.1. The van der Waals surface area contributed by atoms with E-state index in [1.54, 1.807) is 0 Å². The summed E-state index contributed by atoms with van der Waals surface area (Å²) >= 11 is 11.6. The van der Waals surface area contributed by atoms with Crippen molar-refractivity contribution in [3.63, 3.8) is 0 Å². The number of aliphatic hydroxyl groups is 2. The first-order valence-electron chi connectivity index (χ1n) is 5.70. The number of aliphatic hydroxyl groups excluding tert-OH is 2. The molecule has 10 heteroatoms. The van der Waals surface area contributed by atoms with E-state index in [0.29, 0.717) is 0 Å². The Hall–Kier alpha value is -0.900. The summed E-state index contributed by atoms with van der Waals surface area (Å²) in [5.41, 5.74) is -0.448. The molecule has 0 heterocycles. The Kier molecular flexibility index (Phi) is 6.39. The summed E-state index contributed by atoms with van der Waals surface area (Å²) in [5, 5.41) is 26.2. The number of nitrogens with zero attached hydrogens (tertiary/aromatic N) is 1. The minimum Gasteiger partial charge on any atom is -0.478 e. The first-order valence-corrected chi connectivity index (χ1v) is 7.89. The Bertz CT molecular complexity index is 628. The number of carboxylic acids is 1. The van der Waals surface area contributed by atoms with Crippen molar-refractivity contribution in [3.8, 4) is 0 Å². The number of hydrogen-bond donors (Lipinski definition) is 3. The van der Waals surface area contributed by atoms with E-state index >= 15 is 0 Å². The van der Waals surface area contributed by atoms with Gasteiger partial charge in [-0.05, 0) is 12.1 Å². The Labute approximate surface area is 131 Å². The molecule has 0 aliphatic rings. The van der Waals surface area contributed by atoms with Crippen molar-refractivity contribution in [2.24, 2.45) is 0 Å². The number of aromatic carboxylic acids is 1. The fourth-order valence-corrected chi connectivity index (χ4v) is 3.92. The van der Waals surface area contributed by atoms with Gasteiger partial charge in [0, 0.05) is 18.1 Å². The lowest BCUT2D eigenvalue weighted by Crippen LogP contribution is -2.36. The Balaban J connectivity index is 3.46. The molecular weight excluding hydrogens is 345 g/mol. The van der Waals surface area contributed by atoms with E-state index in [2.05, 4.69) is 0 Å². The van der Waals surface area contributed by atoms with Gasteiger partial charge in [0.25, 0.3) is 0 Å². The first-order chi connectivity index (χ1) is 9.75. The fraction of sp³-hybridized carbons (Fsp3) is 0.364. The maximum Gasteiger partial charge on any atom is 0.337 e. The molecule has 0 spiro atoms. The molecule has 1 aromatic rings. The van der Waals surface area contributed by atoms with Crippen LogP contribution in [0, 0.1) is 0 Å². The highest BCUT2D eigenvalue weighted by Gasteiger charge is 2.29. The normalized spacial score (nSPS) is 11.9. The zero-order valence-corrected chi connectivity index (χ0v) is 13.0. The number of halogens is 2. The third-order valence-corrected chi connectivity index (χ3v) is 5.21. The van der Waals surface area contributed by atoms with Crippen LogP contribution in [0.2, 0.25) is 10.0 Å². The zero-order valence-electron chi connectivity index (χ0n) is 10.7. The largest absolute Gasteiger partial charge is 0.478 e. The molecule has 0 aliphatic carbocycles. The number of carbonyl (C=O) groups is 1. The van der Waals surface area contributed by atoms with Crippen LogP contribution in [0.4, 0.5) is 0 Å². The SMILES string of the molecule is O=C(O)c1cc(Cl)cc(S(=O)(=O)N(CCO)CCO)c1Cl. The van der Waals surface area contributed by atoms with Crippen LogP contribution < -0.4 is 0 Å². The predicted octanol–water partition coefficient (Wildman–Crippen LogP) is 0.667. The van der Waals surface area contributed by atoms with Gasteiger partial charge in [-0.25, -0.2) is 13.2 Å². The highest BCUT2D eigenvalue weighted by Crippen LogP contribution is 2.31. The lowest BCUT2D eigenvalue weighted by molar-refractivity contribution is 0.0696. The van der Waals surface area contributed by atoms with Crippen molar-refractivity contribution in [3.05, 3.63) is 27.7 Å². The maximum absolute atomic E-state index is 12.4. The molecule has 0 aromatic heterocycles. The summed E-state index contributed by atoms with van der Waals surface area (Å²) in [4.78, 5) is 10.6. The Morgan fingerprint density at radius 2 is 1.67 bits per heavy atom. The lowest BCUT2D eigenvalue weighted by Gasteiger charge is -2.21. The Morgan fingerprint density at radius 1 is 1.14 bits per heavy atom. The number of rotatable bonds is 7. The molecule has 0 atom stereocenters. The van der Waals surface area contributed by atoms with Crippen LogP contribution in [0.15, 0.2) is 17.0 Å². The topological polar surface area (TPSA) is 115 Å². The van der Waals surface area contributed by atoms with Crippen LogP contribution in [-0.4, -0.2) is 60.3 Å². The van der Waals surface area contributed by atoms with E-state index in [9.17, 15) is 13.2 Å². The number of carboxylic acid groups (broad SMARTS) is 1. The molecule has 118 valence electrons. The summed E-state index contributed by atoms with van der Waals surface area (Å²) < 4.78 is 25.6. The van der Waals surface area contributed by atoms with Crippen LogP contribution >= 0.6 is 23.2 Å². The number of hydrogen-bond acceptors (Lipinski definition) is 5. The molecule has 1 aromatic carbocycles. The monoisotopic (exact) mass is 357 g/mol. The summed E-state index contributed by atoms with van der Waals surface area (Å²) in [5.74, 6) is -1.42. The van der Waals surface area contributed by atoms with Gasteiger partial charge in [-0.2, -0.15) is 4.31 Å². The van der Waals surface area contributed by atoms with Crippen molar-refractivity contribution >= 4 is 39.2 Å². The average Bonchev–Trinajstić information content (AvgIpc) is 2.40. The molecule has 7 nitrogen and oxygen atoms in total. The molecule has 1 rings (SSSR count). The fourth-order valence-electron chi connectivity index (χ4n) is 1.62. The molecule has 0 unspecified atom stereocenters. The molecule has 0 fully saturated rings. The van der Waals surface area contributed by atoms with Crippen LogP contribution in [-0.2, 0) is 10.0 Å². The van der Waals surface area contributed by atoms with Crippen LogP contribution in [0.3, 0.4) is 0 Å². The maximum atomic E-state index is 12.4. The van der Waals surface area contributed by atoms with Gasteiger partial charge in [-0.1, -0.05) is 23.2 Å². The van der Waals surface area contributed by atoms with Crippen molar-refractivity contribution in [1.29, 1.82) is 0 Å². The van der Waals surface area contributed by atoms with Crippen molar-refractivity contribution in [2.75, 3.05) is 26.3 Å². The lowest BCUT2D eigenvalue weighted by atomic mass is 10.2. The summed E-state index contributed by atoms with van der Waals surface area (Å²) in [6, 6.07) is 2.06. The third-order valence-electron chi connectivity index (χ3n) is 2.55. The predicted molar refractivity (Wildman–Crippen MR) is 76.4 cm³/mol. The van der Waals surface area contributed by atoms with Crippen LogP contribution in [0.25, 0.3) is 0 Å². The minimum atomic E-state index is -4.20. The second-order valence-corrected chi connectivity index (χ2v) is 6.64. The minimum absolute atomic E-state index is 0.108. The van der Waals surface area contributed by atoms with E-state index in [4.69, 9.17) is 38.5 Å². The second-order valence-electron chi connectivity index (χ2n) is 3.92.